The minimum absolute atomic E-state index is 0.000185. The summed E-state index contributed by atoms with van der Waals surface area (Å²) in [5, 5.41) is 12.5. The van der Waals surface area contributed by atoms with Crippen molar-refractivity contribution in [2.75, 3.05) is 24.6 Å². The van der Waals surface area contributed by atoms with E-state index in [2.05, 4.69) is 30.5 Å². The predicted octanol–water partition coefficient (Wildman–Crippen LogP) is 6.68. The van der Waals surface area contributed by atoms with Crippen molar-refractivity contribution >= 4 is 43.1 Å². The Morgan fingerprint density at radius 2 is 1.74 bits per heavy atom. The molecule has 1 atom stereocenters. The fourth-order valence-corrected chi connectivity index (χ4v) is 7.66. The number of sulfone groups is 1. The number of carboxylic acids is 1. The van der Waals surface area contributed by atoms with Gasteiger partial charge in [0, 0.05) is 34.3 Å². The van der Waals surface area contributed by atoms with Crippen LogP contribution in [0.4, 0.5) is 0 Å². The molecule has 7 nitrogen and oxygen atoms in total. The van der Waals surface area contributed by atoms with Crippen LogP contribution in [0.25, 0.3) is 21.2 Å². The van der Waals surface area contributed by atoms with E-state index in [-0.39, 0.29) is 42.8 Å². The van der Waals surface area contributed by atoms with Crippen molar-refractivity contribution in [1.29, 1.82) is 0 Å². The number of hydrogen-bond donors (Lipinski definition) is 1. The molecule has 0 aliphatic carbocycles. The SMILES string of the molecule is CCC[C@@H](CC(=O)O)c1ccc(OCc2ccc3scc(-c4ccc(C(=O)N5CCS(=O)(=O)CC5)cc4C)c3c2)cc1. The lowest BCUT2D eigenvalue weighted by Crippen LogP contribution is -2.43. The Balaban J connectivity index is 1.29. The number of aryl methyl sites for hydroxylation is 1. The lowest BCUT2D eigenvalue weighted by molar-refractivity contribution is -0.137. The van der Waals surface area contributed by atoms with Crippen LogP contribution in [0, 0.1) is 6.92 Å². The molecule has 5 rings (SSSR count). The number of aliphatic carboxylic acids is 1. The number of carbonyl (C=O) groups excluding carboxylic acids is 1. The van der Waals surface area contributed by atoms with Crippen LogP contribution in [0.1, 0.15) is 59.2 Å². The van der Waals surface area contributed by atoms with Crippen LogP contribution in [0.2, 0.25) is 0 Å². The van der Waals surface area contributed by atoms with Crippen LogP contribution in [0.3, 0.4) is 0 Å². The molecule has 9 heteroatoms. The van der Waals surface area contributed by atoms with Crippen LogP contribution in [-0.4, -0.2) is 54.9 Å². The van der Waals surface area contributed by atoms with Gasteiger partial charge >= 0.3 is 5.97 Å². The molecule has 1 amide bonds. The van der Waals surface area contributed by atoms with Crippen molar-refractivity contribution < 1.29 is 27.9 Å². The molecule has 0 bridgehead atoms. The number of benzene rings is 3. The van der Waals surface area contributed by atoms with Gasteiger partial charge in [0.25, 0.3) is 5.91 Å². The van der Waals surface area contributed by atoms with Crippen molar-refractivity contribution in [3.05, 3.63) is 88.3 Å². The molecule has 2 heterocycles. The third-order valence-electron chi connectivity index (χ3n) is 7.85. The molecule has 4 aromatic rings. The van der Waals surface area contributed by atoms with Crippen LogP contribution < -0.4 is 4.74 Å². The van der Waals surface area contributed by atoms with E-state index in [0.717, 1.165) is 56.5 Å². The smallest absolute Gasteiger partial charge is 0.303 e. The standard InChI is InChI=1S/C33H35NO6S2/c1-3-4-25(19-32(35)36)24-6-9-27(10-7-24)40-20-23-5-12-31-29(18-23)30(21-41-31)28-11-8-26(17-22(28)2)33(37)34-13-15-42(38,39)16-14-34/h5-12,17-18,21,25H,3-4,13-16,19-20H2,1-2H3,(H,35,36)/t25-/m0/s1. The predicted molar refractivity (Wildman–Crippen MR) is 167 cm³/mol. The average Bonchev–Trinajstić information content (AvgIpc) is 3.38. The first-order chi connectivity index (χ1) is 20.1. The van der Waals surface area contributed by atoms with Gasteiger partial charge < -0.3 is 14.7 Å². The van der Waals surface area contributed by atoms with Crippen molar-refractivity contribution in [2.45, 2.75) is 45.6 Å². The summed E-state index contributed by atoms with van der Waals surface area (Å²) in [5.74, 6) is -0.156. The molecule has 3 aromatic carbocycles. The Bertz CT molecular complexity index is 1690. The number of amides is 1. The first-order valence-corrected chi connectivity index (χ1v) is 16.9. The normalized spacial score (nSPS) is 15.4. The highest BCUT2D eigenvalue weighted by Gasteiger charge is 2.26. The lowest BCUT2D eigenvalue weighted by atomic mass is 9.91. The summed E-state index contributed by atoms with van der Waals surface area (Å²) in [6.07, 6.45) is 1.89. The molecule has 220 valence electrons. The minimum Gasteiger partial charge on any atom is -0.489 e. The second-order valence-corrected chi connectivity index (χ2v) is 14.1. The zero-order chi connectivity index (χ0) is 29.9. The first kappa shape index (κ1) is 29.8. The third kappa shape index (κ3) is 6.85. The molecular weight excluding hydrogens is 570 g/mol. The second-order valence-electron chi connectivity index (χ2n) is 10.9. The van der Waals surface area contributed by atoms with Gasteiger partial charge in [0.1, 0.15) is 12.4 Å². The van der Waals surface area contributed by atoms with Crippen LogP contribution in [-0.2, 0) is 21.2 Å². The fraction of sp³-hybridized carbons (Fsp3) is 0.333. The molecule has 1 aliphatic rings. The highest BCUT2D eigenvalue weighted by Crippen LogP contribution is 2.37. The molecule has 1 N–H and O–H groups in total. The van der Waals surface area contributed by atoms with Gasteiger partial charge in [0.2, 0.25) is 0 Å². The minimum atomic E-state index is -3.05. The number of hydrogen-bond acceptors (Lipinski definition) is 6. The van der Waals surface area contributed by atoms with E-state index in [0.29, 0.717) is 12.2 Å². The number of rotatable bonds is 10. The van der Waals surface area contributed by atoms with Gasteiger partial charge in [-0.3, -0.25) is 9.59 Å². The van der Waals surface area contributed by atoms with Crippen LogP contribution >= 0.6 is 11.3 Å². The molecule has 42 heavy (non-hydrogen) atoms. The summed E-state index contributed by atoms with van der Waals surface area (Å²) in [6.45, 7) is 4.92. The Kier molecular flexibility index (Phi) is 8.99. The topological polar surface area (TPSA) is 101 Å². The van der Waals surface area contributed by atoms with E-state index in [1.54, 1.807) is 16.2 Å². The Labute approximate surface area is 250 Å². The lowest BCUT2D eigenvalue weighted by Gasteiger charge is -2.27. The van der Waals surface area contributed by atoms with Gasteiger partial charge in [-0.2, -0.15) is 0 Å². The van der Waals surface area contributed by atoms with E-state index in [9.17, 15) is 23.1 Å². The molecule has 1 aromatic heterocycles. The van der Waals surface area contributed by atoms with Gasteiger partial charge in [-0.25, -0.2) is 8.42 Å². The number of carbonyl (C=O) groups is 2. The third-order valence-corrected chi connectivity index (χ3v) is 10.4. The van der Waals surface area contributed by atoms with Crippen molar-refractivity contribution in [3.8, 4) is 16.9 Å². The monoisotopic (exact) mass is 605 g/mol. The van der Waals surface area contributed by atoms with Crippen LogP contribution in [0.15, 0.2) is 66.0 Å². The van der Waals surface area contributed by atoms with Gasteiger partial charge in [-0.1, -0.05) is 37.6 Å². The maximum Gasteiger partial charge on any atom is 0.303 e. The van der Waals surface area contributed by atoms with Crippen molar-refractivity contribution in [1.82, 2.24) is 4.90 Å². The number of nitrogens with zero attached hydrogens (tertiary/aromatic N) is 1. The summed E-state index contributed by atoms with van der Waals surface area (Å²) in [4.78, 5) is 25.9. The molecule has 1 aliphatic heterocycles. The molecule has 0 unspecified atom stereocenters. The molecule has 0 radical (unpaired) electrons. The summed E-state index contributed by atoms with van der Waals surface area (Å²) in [7, 11) is -3.05. The number of carboxylic acid groups (broad SMARTS) is 1. The van der Waals surface area contributed by atoms with E-state index in [4.69, 9.17) is 4.74 Å². The Hall–Kier alpha value is -3.69. The van der Waals surface area contributed by atoms with Gasteiger partial charge in [-0.15, -0.1) is 11.3 Å². The quantitative estimate of drug-likeness (QED) is 0.216. The number of fused-ring (bicyclic) bond motifs is 1. The second kappa shape index (κ2) is 12.7. The summed E-state index contributed by atoms with van der Waals surface area (Å²) < 4.78 is 30.7. The summed E-state index contributed by atoms with van der Waals surface area (Å²) in [6, 6.07) is 19.7. The Morgan fingerprint density at radius 1 is 1.00 bits per heavy atom. The van der Waals surface area contributed by atoms with Crippen molar-refractivity contribution in [3.63, 3.8) is 0 Å². The zero-order valence-corrected chi connectivity index (χ0v) is 25.5. The maximum atomic E-state index is 13.0. The largest absolute Gasteiger partial charge is 0.489 e. The maximum absolute atomic E-state index is 13.0. The number of thiophene rings is 1. The van der Waals surface area contributed by atoms with Crippen molar-refractivity contribution in [2.24, 2.45) is 0 Å². The van der Waals surface area contributed by atoms with E-state index in [1.807, 2.05) is 49.4 Å². The number of ether oxygens (including phenoxy) is 1. The summed E-state index contributed by atoms with van der Waals surface area (Å²) in [5.41, 5.74) is 5.75. The highest BCUT2D eigenvalue weighted by atomic mass is 32.2. The zero-order valence-electron chi connectivity index (χ0n) is 23.8. The molecular formula is C33H35NO6S2. The Morgan fingerprint density at radius 3 is 2.40 bits per heavy atom. The fourth-order valence-electron chi connectivity index (χ4n) is 5.52. The highest BCUT2D eigenvalue weighted by molar-refractivity contribution is 7.91. The molecule has 1 fully saturated rings. The molecule has 1 saturated heterocycles. The van der Waals surface area contributed by atoms with Gasteiger partial charge in [0.15, 0.2) is 9.84 Å². The van der Waals surface area contributed by atoms with E-state index in [1.165, 1.54) is 0 Å². The van der Waals surface area contributed by atoms with E-state index >= 15 is 0 Å². The van der Waals surface area contributed by atoms with Gasteiger partial charge in [-0.05, 0) is 83.3 Å². The van der Waals surface area contributed by atoms with Gasteiger partial charge in [0.05, 0.1) is 17.9 Å². The molecule has 0 spiro atoms. The average molecular weight is 606 g/mol. The van der Waals surface area contributed by atoms with E-state index < -0.39 is 15.8 Å². The van der Waals surface area contributed by atoms with Crippen LogP contribution in [0.5, 0.6) is 5.75 Å². The molecule has 0 saturated carbocycles. The summed E-state index contributed by atoms with van der Waals surface area (Å²) >= 11 is 1.67. The first-order valence-electron chi connectivity index (χ1n) is 14.2.